The molecule has 2 nitrogen and oxygen atoms in total. The Morgan fingerprint density at radius 3 is 2.58 bits per heavy atom. The number of hydrogen-bond donors (Lipinski definition) is 1. The maximum atomic E-state index is 9.14. The van der Waals surface area contributed by atoms with Crippen molar-refractivity contribution in [1.82, 2.24) is 0 Å². The van der Waals surface area contributed by atoms with Gasteiger partial charge in [-0.2, -0.15) is 0 Å². The van der Waals surface area contributed by atoms with Crippen LogP contribution in [0.25, 0.3) is 0 Å². The highest BCUT2D eigenvalue weighted by Gasteiger charge is 2.41. The second kappa shape index (κ2) is 4.83. The summed E-state index contributed by atoms with van der Waals surface area (Å²) in [7, 11) is 0. The summed E-state index contributed by atoms with van der Waals surface area (Å²) in [5.74, 6) is 0. The first kappa shape index (κ1) is 10.0. The van der Waals surface area contributed by atoms with E-state index in [1.807, 2.05) is 0 Å². The molecule has 0 aromatic heterocycles. The predicted octanol–water partition coefficient (Wildman–Crippen LogP) is 2.10. The van der Waals surface area contributed by atoms with Gasteiger partial charge in [0, 0.05) is 0 Å². The van der Waals surface area contributed by atoms with Crippen molar-refractivity contribution in [2.45, 2.75) is 64.3 Å². The van der Waals surface area contributed by atoms with E-state index in [1.54, 1.807) is 6.92 Å². The molecule has 1 aliphatic heterocycles. The minimum absolute atomic E-state index is 0.145. The Morgan fingerprint density at radius 2 is 2.08 bits per heavy atom. The number of unbranched alkanes of at least 4 members (excludes halogenated alkanes) is 3. The third-order valence-corrected chi connectivity index (χ3v) is 2.44. The molecule has 1 rings (SSSR count). The van der Waals surface area contributed by atoms with E-state index in [0.717, 1.165) is 6.42 Å². The SMILES string of the molecule is CCCCCC[C@@H]1O[C@H]1[C@H](C)O. The van der Waals surface area contributed by atoms with Crippen LogP contribution in [0.2, 0.25) is 0 Å². The molecule has 1 heterocycles. The standard InChI is InChI=1S/C10H20O2/c1-3-4-5-6-7-9-10(12-9)8(2)11/h8-11H,3-7H2,1-2H3/t8-,9-,10-/m0/s1. The summed E-state index contributed by atoms with van der Waals surface area (Å²) in [6.07, 6.45) is 6.53. The van der Waals surface area contributed by atoms with Crippen LogP contribution in [0.1, 0.15) is 46.0 Å². The Labute approximate surface area is 74.9 Å². The van der Waals surface area contributed by atoms with Gasteiger partial charge in [0.25, 0.3) is 0 Å². The van der Waals surface area contributed by atoms with Crippen LogP contribution < -0.4 is 0 Å². The maximum Gasteiger partial charge on any atom is 0.110 e. The van der Waals surface area contributed by atoms with E-state index in [9.17, 15) is 0 Å². The first-order valence-electron chi connectivity index (χ1n) is 5.09. The molecule has 72 valence electrons. The van der Waals surface area contributed by atoms with Gasteiger partial charge < -0.3 is 9.84 Å². The molecule has 12 heavy (non-hydrogen) atoms. The van der Waals surface area contributed by atoms with Crippen molar-refractivity contribution in [2.24, 2.45) is 0 Å². The van der Waals surface area contributed by atoms with Gasteiger partial charge in [-0.05, 0) is 13.3 Å². The van der Waals surface area contributed by atoms with Crippen LogP contribution in [-0.4, -0.2) is 23.4 Å². The molecule has 0 spiro atoms. The highest BCUT2D eigenvalue weighted by atomic mass is 16.6. The second-order valence-electron chi connectivity index (χ2n) is 3.73. The number of aliphatic hydroxyl groups excluding tert-OH is 1. The molecule has 3 atom stereocenters. The zero-order valence-corrected chi connectivity index (χ0v) is 8.12. The molecule has 0 aromatic carbocycles. The van der Waals surface area contributed by atoms with Gasteiger partial charge in [0.15, 0.2) is 0 Å². The van der Waals surface area contributed by atoms with Gasteiger partial charge in [0.2, 0.25) is 0 Å². The quantitative estimate of drug-likeness (QED) is 0.491. The van der Waals surface area contributed by atoms with Gasteiger partial charge in [-0.3, -0.25) is 0 Å². The van der Waals surface area contributed by atoms with Crippen LogP contribution in [-0.2, 0) is 4.74 Å². The van der Waals surface area contributed by atoms with E-state index in [2.05, 4.69) is 6.92 Å². The fourth-order valence-electron chi connectivity index (χ4n) is 1.59. The normalized spacial score (nSPS) is 30.2. The van der Waals surface area contributed by atoms with Crippen LogP contribution in [0.4, 0.5) is 0 Å². The van der Waals surface area contributed by atoms with Crippen molar-refractivity contribution in [3.63, 3.8) is 0 Å². The number of hydrogen-bond acceptors (Lipinski definition) is 2. The van der Waals surface area contributed by atoms with Gasteiger partial charge in [-0.15, -0.1) is 0 Å². The molecule has 1 aliphatic rings. The maximum absolute atomic E-state index is 9.14. The van der Waals surface area contributed by atoms with Crippen molar-refractivity contribution in [1.29, 1.82) is 0 Å². The molecule has 0 bridgehead atoms. The van der Waals surface area contributed by atoms with Crippen LogP contribution in [0.3, 0.4) is 0 Å². The average molecular weight is 172 g/mol. The molecule has 1 N–H and O–H groups in total. The Bertz CT molecular complexity index is 123. The molecule has 0 amide bonds. The van der Waals surface area contributed by atoms with Crippen LogP contribution in [0.15, 0.2) is 0 Å². The van der Waals surface area contributed by atoms with Crippen LogP contribution >= 0.6 is 0 Å². The summed E-state index contributed by atoms with van der Waals surface area (Å²) in [6.45, 7) is 4.02. The minimum atomic E-state index is -0.277. The lowest BCUT2D eigenvalue weighted by molar-refractivity contribution is 0.152. The second-order valence-corrected chi connectivity index (χ2v) is 3.73. The largest absolute Gasteiger partial charge is 0.391 e. The highest BCUT2D eigenvalue weighted by Crippen LogP contribution is 2.29. The summed E-state index contributed by atoms with van der Waals surface area (Å²) in [6, 6.07) is 0. The Morgan fingerprint density at radius 1 is 1.33 bits per heavy atom. The summed E-state index contributed by atoms with van der Waals surface area (Å²) in [5.41, 5.74) is 0. The number of aliphatic hydroxyl groups is 1. The number of ether oxygens (including phenoxy) is 1. The fourth-order valence-corrected chi connectivity index (χ4v) is 1.59. The molecule has 0 radical (unpaired) electrons. The lowest BCUT2D eigenvalue weighted by Gasteiger charge is -1.97. The molecular weight excluding hydrogens is 152 g/mol. The van der Waals surface area contributed by atoms with Crippen molar-refractivity contribution in [3.05, 3.63) is 0 Å². The van der Waals surface area contributed by atoms with Gasteiger partial charge in [-0.1, -0.05) is 32.6 Å². The lowest BCUT2D eigenvalue weighted by atomic mass is 10.1. The molecule has 0 aliphatic carbocycles. The summed E-state index contributed by atoms with van der Waals surface area (Å²) in [4.78, 5) is 0. The topological polar surface area (TPSA) is 32.8 Å². The van der Waals surface area contributed by atoms with E-state index in [4.69, 9.17) is 9.84 Å². The molecule has 1 fully saturated rings. The van der Waals surface area contributed by atoms with E-state index < -0.39 is 0 Å². The third kappa shape index (κ3) is 3.11. The molecule has 0 unspecified atom stereocenters. The summed E-state index contributed by atoms with van der Waals surface area (Å²) in [5, 5.41) is 9.14. The van der Waals surface area contributed by atoms with E-state index >= 15 is 0 Å². The highest BCUT2D eigenvalue weighted by molar-refractivity contribution is 4.88. The first-order chi connectivity index (χ1) is 5.75. The third-order valence-electron chi connectivity index (χ3n) is 2.44. The smallest absolute Gasteiger partial charge is 0.110 e. The zero-order valence-electron chi connectivity index (χ0n) is 8.12. The minimum Gasteiger partial charge on any atom is -0.391 e. The van der Waals surface area contributed by atoms with E-state index in [1.165, 1.54) is 25.7 Å². The molecule has 0 aromatic rings. The van der Waals surface area contributed by atoms with Crippen LogP contribution in [0.5, 0.6) is 0 Å². The Kier molecular flexibility index (Phi) is 4.02. The van der Waals surface area contributed by atoms with Crippen molar-refractivity contribution < 1.29 is 9.84 Å². The van der Waals surface area contributed by atoms with Crippen molar-refractivity contribution in [3.8, 4) is 0 Å². The average Bonchev–Trinajstić information content (AvgIpc) is 2.77. The molecular formula is C10H20O2. The summed E-state index contributed by atoms with van der Waals surface area (Å²) < 4.78 is 5.31. The predicted molar refractivity (Wildman–Crippen MR) is 49.1 cm³/mol. The fraction of sp³-hybridized carbons (Fsp3) is 1.00. The molecule has 1 saturated heterocycles. The number of rotatable bonds is 6. The Balaban J connectivity index is 1.90. The van der Waals surface area contributed by atoms with Crippen molar-refractivity contribution in [2.75, 3.05) is 0 Å². The van der Waals surface area contributed by atoms with Crippen LogP contribution in [0, 0.1) is 0 Å². The molecule has 2 heteroatoms. The number of epoxide rings is 1. The van der Waals surface area contributed by atoms with Gasteiger partial charge >= 0.3 is 0 Å². The van der Waals surface area contributed by atoms with E-state index in [0.29, 0.717) is 6.10 Å². The lowest BCUT2D eigenvalue weighted by Crippen LogP contribution is -2.11. The molecule has 0 saturated carbocycles. The van der Waals surface area contributed by atoms with Gasteiger partial charge in [0.05, 0.1) is 12.2 Å². The first-order valence-corrected chi connectivity index (χ1v) is 5.09. The van der Waals surface area contributed by atoms with Gasteiger partial charge in [0.1, 0.15) is 6.10 Å². The monoisotopic (exact) mass is 172 g/mol. The Hall–Kier alpha value is -0.0800. The van der Waals surface area contributed by atoms with Gasteiger partial charge in [-0.25, -0.2) is 0 Å². The van der Waals surface area contributed by atoms with Crippen molar-refractivity contribution >= 4 is 0 Å². The summed E-state index contributed by atoms with van der Waals surface area (Å²) >= 11 is 0. The zero-order chi connectivity index (χ0) is 8.97. The van der Waals surface area contributed by atoms with E-state index in [-0.39, 0.29) is 12.2 Å².